The van der Waals surface area contributed by atoms with E-state index in [1.807, 2.05) is 0 Å². The number of nitrogens with zero attached hydrogens (tertiary/aromatic N) is 1. The molecule has 0 radical (unpaired) electrons. The zero-order valence-corrected chi connectivity index (χ0v) is 12.3. The highest BCUT2D eigenvalue weighted by Gasteiger charge is 1.97. The monoisotopic (exact) mass is 243 g/mol. The Balaban J connectivity index is 3.03. The lowest BCUT2D eigenvalue weighted by Gasteiger charge is -2.17. The third kappa shape index (κ3) is 12.2. The molecule has 0 aromatic rings. The molecule has 0 aromatic heterocycles. The summed E-state index contributed by atoms with van der Waals surface area (Å²) in [4.78, 5) is 2.45. The number of hydrogen-bond acceptors (Lipinski definition) is 2. The van der Waals surface area contributed by atoms with Gasteiger partial charge in [-0.1, -0.05) is 52.9 Å². The molecule has 0 saturated carbocycles. The highest BCUT2D eigenvalue weighted by molar-refractivity contribution is 4.51. The van der Waals surface area contributed by atoms with E-state index in [0.717, 1.165) is 26.3 Å². The maximum atomic E-state index is 5.65. The predicted molar refractivity (Wildman–Crippen MR) is 76.6 cm³/mol. The normalized spacial score (nSPS) is 11.3. The van der Waals surface area contributed by atoms with Crippen molar-refractivity contribution in [1.82, 2.24) is 4.90 Å². The molecule has 0 unspecified atom stereocenters. The highest BCUT2D eigenvalue weighted by Crippen LogP contribution is 2.04. The molecule has 0 aromatic carbocycles. The summed E-state index contributed by atoms with van der Waals surface area (Å²) in [6.45, 7) is 12.1. The Hall–Kier alpha value is -0.0800. The van der Waals surface area contributed by atoms with Crippen LogP contribution in [0.4, 0.5) is 0 Å². The van der Waals surface area contributed by atoms with E-state index in [4.69, 9.17) is 4.74 Å². The van der Waals surface area contributed by atoms with Crippen LogP contribution in [0.25, 0.3) is 0 Å². The van der Waals surface area contributed by atoms with Crippen molar-refractivity contribution in [2.75, 3.05) is 32.8 Å². The second kappa shape index (κ2) is 14.0. The highest BCUT2D eigenvalue weighted by atomic mass is 16.5. The summed E-state index contributed by atoms with van der Waals surface area (Å²) >= 11 is 0. The molecule has 0 aliphatic heterocycles. The van der Waals surface area contributed by atoms with Crippen molar-refractivity contribution in [2.45, 2.75) is 65.7 Å². The van der Waals surface area contributed by atoms with Gasteiger partial charge in [-0.2, -0.15) is 0 Å². The molecule has 0 amide bonds. The van der Waals surface area contributed by atoms with Crippen LogP contribution in [0.2, 0.25) is 0 Å². The van der Waals surface area contributed by atoms with Crippen LogP contribution in [0.5, 0.6) is 0 Å². The van der Waals surface area contributed by atoms with Gasteiger partial charge in [-0.05, 0) is 25.9 Å². The minimum absolute atomic E-state index is 0.936. The van der Waals surface area contributed by atoms with Gasteiger partial charge in [0.2, 0.25) is 0 Å². The molecule has 0 N–H and O–H groups in total. The molecule has 0 heterocycles. The lowest BCUT2D eigenvalue weighted by Crippen LogP contribution is -2.24. The summed E-state index contributed by atoms with van der Waals surface area (Å²) in [6.07, 6.45) is 9.28. The summed E-state index contributed by atoms with van der Waals surface area (Å²) in [5.74, 6) is 0. The maximum absolute atomic E-state index is 5.65. The minimum Gasteiger partial charge on any atom is -0.381 e. The summed E-state index contributed by atoms with van der Waals surface area (Å²) in [7, 11) is 0. The van der Waals surface area contributed by atoms with E-state index in [-0.39, 0.29) is 0 Å². The molecule has 0 bridgehead atoms. The number of rotatable bonds is 13. The lowest BCUT2D eigenvalue weighted by molar-refractivity contribution is 0.118. The first-order valence-electron chi connectivity index (χ1n) is 7.65. The van der Waals surface area contributed by atoms with Crippen molar-refractivity contribution in [3.05, 3.63) is 0 Å². The molecular weight excluding hydrogens is 210 g/mol. The van der Waals surface area contributed by atoms with Crippen molar-refractivity contribution in [1.29, 1.82) is 0 Å². The number of hydrogen-bond donors (Lipinski definition) is 0. The second-order valence-electron chi connectivity index (χ2n) is 4.76. The summed E-state index contributed by atoms with van der Waals surface area (Å²) in [5.41, 5.74) is 0. The average molecular weight is 243 g/mol. The predicted octanol–water partition coefficient (Wildman–Crippen LogP) is 4.10. The number of unbranched alkanes of at least 4 members (excludes halogenated alkanes) is 5. The first-order chi connectivity index (χ1) is 8.35. The van der Waals surface area contributed by atoms with Gasteiger partial charge < -0.3 is 9.64 Å². The van der Waals surface area contributed by atoms with Gasteiger partial charge >= 0.3 is 0 Å². The van der Waals surface area contributed by atoms with Gasteiger partial charge in [-0.3, -0.25) is 0 Å². The summed E-state index contributed by atoms with van der Waals surface area (Å²) < 4.78 is 5.65. The Morgan fingerprint density at radius 1 is 0.706 bits per heavy atom. The van der Waals surface area contributed by atoms with Gasteiger partial charge in [-0.25, -0.2) is 0 Å². The fourth-order valence-electron chi connectivity index (χ4n) is 2.02. The smallest absolute Gasteiger partial charge is 0.0478 e. The fraction of sp³-hybridized carbons (Fsp3) is 1.00. The molecule has 0 atom stereocenters. The zero-order valence-electron chi connectivity index (χ0n) is 12.3. The molecule has 0 rings (SSSR count). The van der Waals surface area contributed by atoms with Crippen LogP contribution in [-0.2, 0) is 4.74 Å². The molecule has 0 saturated heterocycles. The summed E-state index contributed by atoms with van der Waals surface area (Å²) in [6, 6.07) is 0. The average Bonchev–Trinajstić information content (AvgIpc) is 2.36. The van der Waals surface area contributed by atoms with Crippen molar-refractivity contribution >= 4 is 0 Å². The van der Waals surface area contributed by atoms with Crippen LogP contribution in [0.15, 0.2) is 0 Å². The van der Waals surface area contributed by atoms with E-state index in [2.05, 4.69) is 25.7 Å². The summed E-state index contributed by atoms with van der Waals surface area (Å²) in [5, 5.41) is 0. The van der Waals surface area contributed by atoms with Crippen molar-refractivity contribution in [3.8, 4) is 0 Å². The molecule has 17 heavy (non-hydrogen) atoms. The first-order valence-corrected chi connectivity index (χ1v) is 7.65. The van der Waals surface area contributed by atoms with E-state index in [0.29, 0.717) is 0 Å². The van der Waals surface area contributed by atoms with Gasteiger partial charge in [0.25, 0.3) is 0 Å². The Labute approximate surface area is 109 Å². The van der Waals surface area contributed by atoms with Gasteiger partial charge in [-0.15, -0.1) is 0 Å². The van der Waals surface area contributed by atoms with E-state index in [1.165, 1.54) is 51.5 Å². The molecule has 0 spiro atoms. The van der Waals surface area contributed by atoms with E-state index in [9.17, 15) is 0 Å². The van der Waals surface area contributed by atoms with Gasteiger partial charge in [0.1, 0.15) is 0 Å². The Kier molecular flexibility index (Phi) is 13.9. The second-order valence-corrected chi connectivity index (χ2v) is 4.76. The topological polar surface area (TPSA) is 12.5 Å². The van der Waals surface area contributed by atoms with Crippen molar-refractivity contribution in [3.63, 3.8) is 0 Å². The molecule has 2 heteroatoms. The van der Waals surface area contributed by atoms with Gasteiger partial charge in [0.05, 0.1) is 0 Å². The number of ether oxygens (including phenoxy) is 1. The van der Waals surface area contributed by atoms with Crippen molar-refractivity contribution < 1.29 is 4.74 Å². The SMILES string of the molecule is CCCCCCCCOCCCN(CC)CC. The fourth-order valence-corrected chi connectivity index (χ4v) is 2.02. The van der Waals surface area contributed by atoms with Crippen molar-refractivity contribution in [2.24, 2.45) is 0 Å². The third-order valence-electron chi connectivity index (χ3n) is 3.30. The van der Waals surface area contributed by atoms with Crippen LogP contribution in [-0.4, -0.2) is 37.7 Å². The zero-order chi connectivity index (χ0) is 12.8. The van der Waals surface area contributed by atoms with Crippen LogP contribution >= 0.6 is 0 Å². The van der Waals surface area contributed by atoms with Crippen LogP contribution < -0.4 is 0 Å². The van der Waals surface area contributed by atoms with Crippen LogP contribution in [0.1, 0.15) is 65.7 Å². The standard InChI is InChI=1S/C15H33NO/c1-4-7-8-9-10-11-14-17-15-12-13-16(5-2)6-3/h4-15H2,1-3H3. The Bertz CT molecular complexity index is 135. The Morgan fingerprint density at radius 2 is 1.29 bits per heavy atom. The quantitative estimate of drug-likeness (QED) is 0.452. The maximum Gasteiger partial charge on any atom is 0.0478 e. The molecule has 104 valence electrons. The molecular formula is C15H33NO. The molecule has 0 aliphatic rings. The largest absolute Gasteiger partial charge is 0.381 e. The van der Waals surface area contributed by atoms with E-state index in [1.54, 1.807) is 0 Å². The third-order valence-corrected chi connectivity index (χ3v) is 3.30. The molecule has 2 nitrogen and oxygen atoms in total. The van der Waals surface area contributed by atoms with Crippen LogP contribution in [0.3, 0.4) is 0 Å². The molecule has 0 fully saturated rings. The van der Waals surface area contributed by atoms with Crippen LogP contribution in [0, 0.1) is 0 Å². The van der Waals surface area contributed by atoms with E-state index < -0.39 is 0 Å². The first kappa shape index (κ1) is 16.9. The van der Waals surface area contributed by atoms with E-state index >= 15 is 0 Å². The lowest BCUT2D eigenvalue weighted by atomic mass is 10.1. The Morgan fingerprint density at radius 3 is 1.94 bits per heavy atom. The molecule has 0 aliphatic carbocycles. The van der Waals surface area contributed by atoms with Gasteiger partial charge in [0.15, 0.2) is 0 Å². The van der Waals surface area contributed by atoms with Gasteiger partial charge in [0, 0.05) is 19.8 Å². The minimum atomic E-state index is 0.936.